The van der Waals surface area contributed by atoms with Crippen LogP contribution in [0.25, 0.3) is 0 Å². The van der Waals surface area contributed by atoms with Crippen molar-refractivity contribution in [3.63, 3.8) is 0 Å². The van der Waals surface area contributed by atoms with E-state index in [2.05, 4.69) is 42.5 Å². The van der Waals surface area contributed by atoms with Gasteiger partial charge in [0.1, 0.15) is 5.75 Å². The molecule has 3 rings (SSSR count). The molecule has 0 bridgehead atoms. The Labute approximate surface area is 128 Å². The molecule has 1 aliphatic carbocycles. The van der Waals surface area contributed by atoms with Gasteiger partial charge in [-0.1, -0.05) is 12.1 Å². The highest BCUT2D eigenvalue weighted by Crippen LogP contribution is 2.26. The summed E-state index contributed by atoms with van der Waals surface area (Å²) in [5.41, 5.74) is 2.85. The van der Waals surface area contributed by atoms with Crippen molar-refractivity contribution in [2.45, 2.75) is 50.6 Å². The van der Waals surface area contributed by atoms with Crippen molar-refractivity contribution < 1.29 is 4.74 Å². The molecule has 3 nitrogen and oxygen atoms in total. The Morgan fingerprint density at radius 1 is 1.24 bits per heavy atom. The first-order valence-corrected chi connectivity index (χ1v) is 8.38. The summed E-state index contributed by atoms with van der Waals surface area (Å²) in [6.07, 6.45) is 7.53. The Morgan fingerprint density at radius 3 is 2.81 bits per heavy atom. The van der Waals surface area contributed by atoms with Crippen molar-refractivity contribution >= 4 is 0 Å². The molecule has 0 atom stereocenters. The molecule has 1 N–H and O–H groups in total. The molecular weight excluding hydrogens is 260 g/mol. The fourth-order valence-corrected chi connectivity index (χ4v) is 3.69. The monoisotopic (exact) mass is 288 g/mol. The van der Waals surface area contributed by atoms with Crippen LogP contribution in [0.5, 0.6) is 5.75 Å². The maximum Gasteiger partial charge on any atom is 0.122 e. The van der Waals surface area contributed by atoms with Gasteiger partial charge in [0, 0.05) is 25.0 Å². The minimum absolute atomic E-state index is 0.742. The number of rotatable bonds is 5. The minimum Gasteiger partial charge on any atom is -0.493 e. The molecule has 1 aliphatic heterocycles. The zero-order valence-corrected chi connectivity index (χ0v) is 13.4. The molecule has 3 heteroatoms. The number of ether oxygens (including phenoxy) is 1. The van der Waals surface area contributed by atoms with E-state index in [-0.39, 0.29) is 0 Å². The van der Waals surface area contributed by atoms with Crippen LogP contribution in [-0.2, 0) is 12.8 Å². The van der Waals surface area contributed by atoms with E-state index in [1.807, 2.05) is 0 Å². The maximum absolute atomic E-state index is 5.58. The number of hydrogen-bond acceptors (Lipinski definition) is 3. The molecule has 1 saturated carbocycles. The molecule has 0 amide bonds. The summed E-state index contributed by atoms with van der Waals surface area (Å²) in [6.45, 7) is 2.02. The molecule has 2 aliphatic rings. The smallest absolute Gasteiger partial charge is 0.122 e. The number of nitrogens with one attached hydrogen (secondary N) is 1. The van der Waals surface area contributed by atoms with Crippen LogP contribution >= 0.6 is 0 Å². The first kappa shape index (κ1) is 14.9. The first-order chi connectivity index (χ1) is 10.3. The van der Waals surface area contributed by atoms with Crippen LogP contribution in [0.3, 0.4) is 0 Å². The van der Waals surface area contributed by atoms with Gasteiger partial charge in [-0.15, -0.1) is 0 Å². The lowest BCUT2D eigenvalue weighted by atomic mass is 9.90. The van der Waals surface area contributed by atoms with Gasteiger partial charge in [-0.2, -0.15) is 0 Å². The third kappa shape index (κ3) is 3.58. The predicted octanol–water partition coefficient (Wildman–Crippen LogP) is 2.63. The lowest BCUT2D eigenvalue weighted by molar-refractivity contribution is 0.178. The highest BCUT2D eigenvalue weighted by atomic mass is 16.5. The molecule has 0 saturated heterocycles. The lowest BCUT2D eigenvalue weighted by Crippen LogP contribution is -2.40. The van der Waals surface area contributed by atoms with Gasteiger partial charge in [0.05, 0.1) is 6.61 Å². The molecule has 21 heavy (non-hydrogen) atoms. The third-order valence-electron chi connectivity index (χ3n) is 5.24. The fraction of sp³-hybridized carbons (Fsp3) is 0.667. The Hall–Kier alpha value is -1.06. The van der Waals surface area contributed by atoms with Crippen LogP contribution in [0, 0.1) is 0 Å². The summed E-state index contributed by atoms with van der Waals surface area (Å²) >= 11 is 0. The van der Waals surface area contributed by atoms with E-state index in [9.17, 15) is 0 Å². The predicted molar refractivity (Wildman–Crippen MR) is 87.1 cm³/mol. The fourth-order valence-electron chi connectivity index (χ4n) is 3.69. The number of hydrogen-bond donors (Lipinski definition) is 1. The molecule has 0 spiro atoms. The molecule has 1 aromatic carbocycles. The molecule has 1 fully saturated rings. The van der Waals surface area contributed by atoms with Crippen molar-refractivity contribution in [1.82, 2.24) is 10.2 Å². The van der Waals surface area contributed by atoms with Crippen LogP contribution in [0.2, 0.25) is 0 Å². The Kier molecular flexibility index (Phi) is 4.81. The Morgan fingerprint density at radius 2 is 2.05 bits per heavy atom. The van der Waals surface area contributed by atoms with Gasteiger partial charge in [0.15, 0.2) is 0 Å². The van der Waals surface area contributed by atoms with Gasteiger partial charge in [-0.05, 0) is 63.4 Å². The number of nitrogens with zero attached hydrogens (tertiary/aromatic N) is 1. The van der Waals surface area contributed by atoms with E-state index < -0.39 is 0 Å². The second kappa shape index (κ2) is 6.80. The van der Waals surface area contributed by atoms with Gasteiger partial charge in [0.25, 0.3) is 0 Å². The topological polar surface area (TPSA) is 24.5 Å². The van der Waals surface area contributed by atoms with Crippen molar-refractivity contribution in [1.29, 1.82) is 0 Å². The van der Waals surface area contributed by atoms with E-state index in [4.69, 9.17) is 4.74 Å². The standard InChI is InChI=1S/C18H28N2O/c1-19-16-4-6-17(7-5-16)20(2)11-9-14-3-8-18-15(13-14)10-12-21-18/h3,8,13,16-17,19H,4-7,9-12H2,1-2H3. The van der Waals surface area contributed by atoms with E-state index in [0.717, 1.165) is 43.8 Å². The average Bonchev–Trinajstić information content (AvgIpc) is 3.00. The van der Waals surface area contributed by atoms with Crippen LogP contribution in [0.15, 0.2) is 18.2 Å². The normalized spacial score (nSPS) is 24.9. The highest BCUT2D eigenvalue weighted by Gasteiger charge is 2.22. The minimum atomic E-state index is 0.742. The molecule has 0 aromatic heterocycles. The van der Waals surface area contributed by atoms with Gasteiger partial charge in [-0.25, -0.2) is 0 Å². The maximum atomic E-state index is 5.58. The van der Waals surface area contributed by atoms with Crippen molar-refractivity contribution in [3.05, 3.63) is 29.3 Å². The van der Waals surface area contributed by atoms with Crippen molar-refractivity contribution in [2.75, 3.05) is 27.2 Å². The largest absolute Gasteiger partial charge is 0.493 e. The zero-order valence-electron chi connectivity index (χ0n) is 13.4. The summed E-state index contributed by atoms with van der Waals surface area (Å²) in [7, 11) is 4.38. The van der Waals surface area contributed by atoms with E-state index in [1.165, 1.54) is 36.8 Å². The van der Waals surface area contributed by atoms with E-state index in [0.29, 0.717) is 0 Å². The van der Waals surface area contributed by atoms with Crippen LogP contribution in [-0.4, -0.2) is 44.2 Å². The summed E-state index contributed by atoms with van der Waals surface area (Å²) in [4.78, 5) is 2.57. The Balaban J connectivity index is 1.48. The zero-order chi connectivity index (χ0) is 14.7. The summed E-state index contributed by atoms with van der Waals surface area (Å²) in [5, 5.41) is 3.41. The summed E-state index contributed by atoms with van der Waals surface area (Å²) in [5.74, 6) is 1.09. The van der Waals surface area contributed by atoms with Gasteiger partial charge >= 0.3 is 0 Å². The second-order valence-electron chi connectivity index (χ2n) is 6.57. The number of fused-ring (bicyclic) bond motifs is 1. The van der Waals surface area contributed by atoms with Crippen LogP contribution in [0.4, 0.5) is 0 Å². The molecular formula is C18H28N2O. The highest BCUT2D eigenvalue weighted by molar-refractivity contribution is 5.39. The SMILES string of the molecule is CNC1CCC(N(C)CCc2ccc3c(c2)CCO3)CC1. The quantitative estimate of drug-likeness (QED) is 0.901. The van der Waals surface area contributed by atoms with Crippen LogP contribution in [0.1, 0.15) is 36.8 Å². The van der Waals surface area contributed by atoms with Gasteiger partial charge < -0.3 is 15.0 Å². The van der Waals surface area contributed by atoms with Crippen molar-refractivity contribution in [2.24, 2.45) is 0 Å². The van der Waals surface area contributed by atoms with Gasteiger partial charge in [-0.3, -0.25) is 0 Å². The van der Waals surface area contributed by atoms with Crippen LogP contribution < -0.4 is 10.1 Å². The average molecular weight is 288 g/mol. The third-order valence-corrected chi connectivity index (χ3v) is 5.24. The van der Waals surface area contributed by atoms with Crippen molar-refractivity contribution in [3.8, 4) is 5.75 Å². The van der Waals surface area contributed by atoms with E-state index in [1.54, 1.807) is 0 Å². The van der Waals surface area contributed by atoms with Gasteiger partial charge in [0.2, 0.25) is 0 Å². The summed E-state index contributed by atoms with van der Waals surface area (Å²) < 4.78 is 5.58. The molecule has 0 unspecified atom stereocenters. The Bertz CT molecular complexity index is 466. The second-order valence-corrected chi connectivity index (χ2v) is 6.57. The molecule has 1 heterocycles. The molecule has 116 valence electrons. The molecule has 1 aromatic rings. The summed E-state index contributed by atoms with van der Waals surface area (Å²) in [6, 6.07) is 8.23. The lowest BCUT2D eigenvalue weighted by Gasteiger charge is -2.34. The number of likely N-dealkylation sites (N-methyl/N-ethyl adjacent to an activating group) is 1. The molecule has 0 radical (unpaired) electrons. The number of benzene rings is 1. The first-order valence-electron chi connectivity index (χ1n) is 8.38. The van der Waals surface area contributed by atoms with E-state index >= 15 is 0 Å².